The lowest BCUT2D eigenvalue weighted by atomic mass is 9.94. The average molecular weight is 219 g/mol. The van der Waals surface area contributed by atoms with Gasteiger partial charge in [0.05, 0.1) is 6.61 Å². The smallest absolute Gasteiger partial charge is 0.203 e. The second-order valence-electron chi connectivity index (χ2n) is 3.58. The molecule has 0 aliphatic carbocycles. The summed E-state index contributed by atoms with van der Waals surface area (Å²) in [6.45, 7) is 1.84. The highest BCUT2D eigenvalue weighted by Crippen LogP contribution is 2.29. The van der Waals surface area contributed by atoms with E-state index in [9.17, 15) is 0 Å². The van der Waals surface area contributed by atoms with Crippen LogP contribution < -0.4 is 5.73 Å². The summed E-state index contributed by atoms with van der Waals surface area (Å²) in [5, 5.41) is 9.17. The van der Waals surface area contributed by atoms with Crippen molar-refractivity contribution in [2.24, 2.45) is 25.7 Å². The van der Waals surface area contributed by atoms with Gasteiger partial charge in [0, 0.05) is 6.42 Å². The van der Waals surface area contributed by atoms with Crippen molar-refractivity contribution in [1.29, 1.82) is 0 Å². The lowest BCUT2D eigenvalue weighted by Crippen LogP contribution is -2.44. The van der Waals surface area contributed by atoms with E-state index < -0.39 is 5.66 Å². The third kappa shape index (κ3) is 1.57. The molecule has 0 spiro atoms. The third-order valence-electron chi connectivity index (χ3n) is 2.63. The van der Waals surface area contributed by atoms with Crippen LogP contribution >= 0.6 is 0 Å². The molecule has 0 bridgehead atoms. The Morgan fingerprint density at radius 2 is 2.12 bits per heavy atom. The maximum atomic E-state index is 9.17. The van der Waals surface area contributed by atoms with E-state index in [4.69, 9.17) is 10.8 Å². The second-order valence-corrected chi connectivity index (χ2v) is 3.58. The van der Waals surface area contributed by atoms with E-state index in [1.54, 1.807) is 0 Å². The molecule has 2 aliphatic heterocycles. The van der Waals surface area contributed by atoms with Crippen LogP contribution in [0.5, 0.6) is 0 Å². The summed E-state index contributed by atoms with van der Waals surface area (Å²) < 4.78 is 0. The molecule has 0 fully saturated rings. The summed E-state index contributed by atoms with van der Waals surface area (Å²) in [6.07, 6.45) is 5.15. The van der Waals surface area contributed by atoms with Gasteiger partial charge in [-0.15, -0.1) is 0 Å². The Morgan fingerprint density at radius 3 is 2.75 bits per heavy atom. The van der Waals surface area contributed by atoms with Crippen LogP contribution in [-0.4, -0.2) is 41.6 Å². The Hall–Kier alpha value is -1.82. The van der Waals surface area contributed by atoms with E-state index in [-0.39, 0.29) is 6.61 Å². The SMILES string of the molecule is CC=C(CO)CC12N=CN=C(N)C1=NC=N2. The molecule has 0 aromatic heterocycles. The number of aliphatic imine (C=N–C) groups is 4. The highest BCUT2D eigenvalue weighted by molar-refractivity contribution is 6.47. The molecule has 6 nitrogen and oxygen atoms in total. The van der Waals surface area contributed by atoms with Crippen LogP contribution in [0.4, 0.5) is 0 Å². The Bertz CT molecular complexity index is 446. The number of hydrogen-bond donors (Lipinski definition) is 2. The molecule has 1 unspecified atom stereocenters. The van der Waals surface area contributed by atoms with Gasteiger partial charge in [-0.05, 0) is 12.5 Å². The van der Waals surface area contributed by atoms with Gasteiger partial charge in [-0.1, -0.05) is 6.08 Å². The molecule has 1 atom stereocenters. The highest BCUT2D eigenvalue weighted by atomic mass is 16.3. The molecule has 6 heteroatoms. The molecule has 0 aromatic rings. The van der Waals surface area contributed by atoms with Crippen LogP contribution in [0.2, 0.25) is 0 Å². The van der Waals surface area contributed by atoms with E-state index in [2.05, 4.69) is 20.0 Å². The van der Waals surface area contributed by atoms with E-state index in [1.165, 1.54) is 12.7 Å². The molecule has 84 valence electrons. The number of fused-ring (bicyclic) bond motifs is 1. The van der Waals surface area contributed by atoms with Gasteiger partial charge in [0.15, 0.2) is 5.84 Å². The number of nitrogens with zero attached hydrogens (tertiary/aromatic N) is 4. The zero-order valence-corrected chi connectivity index (χ0v) is 8.96. The normalized spacial score (nSPS) is 27.8. The van der Waals surface area contributed by atoms with Crippen molar-refractivity contribution in [3.05, 3.63) is 11.6 Å². The summed E-state index contributed by atoms with van der Waals surface area (Å²) in [6, 6.07) is 0. The maximum absolute atomic E-state index is 9.17. The molecular weight excluding hydrogens is 206 g/mol. The van der Waals surface area contributed by atoms with Gasteiger partial charge < -0.3 is 10.8 Å². The predicted molar refractivity (Wildman–Crippen MR) is 64.2 cm³/mol. The van der Waals surface area contributed by atoms with Gasteiger partial charge >= 0.3 is 0 Å². The fourth-order valence-corrected chi connectivity index (χ4v) is 1.70. The molecule has 0 amide bonds. The van der Waals surface area contributed by atoms with Crippen molar-refractivity contribution in [3.8, 4) is 0 Å². The Balaban J connectivity index is 2.32. The number of aliphatic hydroxyl groups excluding tert-OH is 1. The number of nitrogens with two attached hydrogens (primary N) is 1. The first-order chi connectivity index (χ1) is 7.72. The topological polar surface area (TPSA) is 95.7 Å². The summed E-state index contributed by atoms with van der Waals surface area (Å²) in [7, 11) is 0. The molecule has 3 N–H and O–H groups in total. The van der Waals surface area contributed by atoms with Gasteiger partial charge in [0.2, 0.25) is 5.66 Å². The van der Waals surface area contributed by atoms with Crippen molar-refractivity contribution < 1.29 is 5.11 Å². The average Bonchev–Trinajstić information content (AvgIpc) is 2.71. The predicted octanol–water partition coefficient (Wildman–Crippen LogP) is -0.107. The maximum Gasteiger partial charge on any atom is 0.203 e. The van der Waals surface area contributed by atoms with E-state index >= 15 is 0 Å². The molecule has 0 aromatic carbocycles. The fraction of sp³-hybridized carbons (Fsp3) is 0.400. The molecule has 0 saturated carbocycles. The first-order valence-corrected chi connectivity index (χ1v) is 4.96. The van der Waals surface area contributed by atoms with E-state index in [0.29, 0.717) is 18.0 Å². The Kier molecular flexibility index (Phi) is 2.66. The molecule has 0 radical (unpaired) electrons. The van der Waals surface area contributed by atoms with E-state index in [1.807, 2.05) is 13.0 Å². The molecule has 2 aliphatic rings. The summed E-state index contributed by atoms with van der Waals surface area (Å²) in [5.41, 5.74) is 6.32. The summed E-state index contributed by atoms with van der Waals surface area (Å²) in [4.78, 5) is 16.4. The first-order valence-electron chi connectivity index (χ1n) is 4.96. The molecule has 0 saturated heterocycles. The first kappa shape index (κ1) is 10.7. The molecule has 2 rings (SSSR count). The number of amidine groups is 1. The minimum atomic E-state index is -0.809. The monoisotopic (exact) mass is 219 g/mol. The van der Waals surface area contributed by atoms with E-state index in [0.717, 1.165) is 5.57 Å². The fourth-order valence-electron chi connectivity index (χ4n) is 1.70. The molecule has 2 heterocycles. The van der Waals surface area contributed by atoms with Crippen molar-refractivity contribution in [1.82, 2.24) is 0 Å². The molecular formula is C10H13N5O. The van der Waals surface area contributed by atoms with Crippen molar-refractivity contribution in [2.75, 3.05) is 6.61 Å². The van der Waals surface area contributed by atoms with Crippen LogP contribution in [-0.2, 0) is 0 Å². The molecule has 16 heavy (non-hydrogen) atoms. The highest BCUT2D eigenvalue weighted by Gasteiger charge is 2.41. The minimum Gasteiger partial charge on any atom is -0.392 e. The lowest BCUT2D eigenvalue weighted by Gasteiger charge is -2.25. The zero-order chi connectivity index (χ0) is 11.6. The zero-order valence-electron chi connectivity index (χ0n) is 8.96. The van der Waals surface area contributed by atoms with Gasteiger partial charge in [-0.2, -0.15) is 0 Å². The number of rotatable bonds is 3. The van der Waals surface area contributed by atoms with Crippen LogP contribution in [0.15, 0.2) is 31.6 Å². The van der Waals surface area contributed by atoms with Crippen molar-refractivity contribution in [2.45, 2.75) is 19.0 Å². The quantitative estimate of drug-likeness (QED) is 0.648. The van der Waals surface area contributed by atoms with Crippen molar-refractivity contribution >= 4 is 24.2 Å². The van der Waals surface area contributed by atoms with Crippen LogP contribution in [0.25, 0.3) is 0 Å². The van der Waals surface area contributed by atoms with Crippen LogP contribution in [0.1, 0.15) is 13.3 Å². The van der Waals surface area contributed by atoms with Gasteiger partial charge in [0.25, 0.3) is 0 Å². The second kappa shape index (κ2) is 3.97. The van der Waals surface area contributed by atoms with Crippen LogP contribution in [0, 0.1) is 0 Å². The minimum absolute atomic E-state index is 0.0202. The standard InChI is InChI=1S/C10H13N5O/c1-2-7(4-16)3-10-8(12-5-14-10)9(11)13-6-15-10/h2,5-6,16H,3-4H2,1H3,(H2,11,13,15). The van der Waals surface area contributed by atoms with Gasteiger partial charge in [-0.25, -0.2) is 20.0 Å². The number of allylic oxidation sites excluding steroid dienone is 1. The third-order valence-corrected chi connectivity index (χ3v) is 2.63. The Morgan fingerprint density at radius 1 is 1.44 bits per heavy atom. The number of aliphatic hydroxyl groups is 1. The van der Waals surface area contributed by atoms with Crippen molar-refractivity contribution in [3.63, 3.8) is 0 Å². The largest absolute Gasteiger partial charge is 0.392 e. The van der Waals surface area contributed by atoms with Gasteiger partial charge in [-0.3, -0.25) is 0 Å². The van der Waals surface area contributed by atoms with Gasteiger partial charge in [0.1, 0.15) is 18.4 Å². The summed E-state index contributed by atoms with van der Waals surface area (Å²) in [5.74, 6) is 0.334. The van der Waals surface area contributed by atoms with Crippen LogP contribution in [0.3, 0.4) is 0 Å². The lowest BCUT2D eigenvalue weighted by molar-refractivity contribution is 0.321. The Labute approximate surface area is 93.0 Å². The number of hydrogen-bond acceptors (Lipinski definition) is 6. The summed E-state index contributed by atoms with van der Waals surface area (Å²) >= 11 is 0.